The molecule has 0 aliphatic carbocycles. The molecule has 2 heterocycles. The number of aromatic nitrogens is 2. The molecule has 1 aliphatic heterocycles. The van der Waals surface area contributed by atoms with Crippen molar-refractivity contribution in [3.8, 4) is 0 Å². The maximum atomic E-state index is 9.71. The molecule has 0 unspecified atom stereocenters. The van der Waals surface area contributed by atoms with Gasteiger partial charge in [-0.1, -0.05) is 13.3 Å². The highest BCUT2D eigenvalue weighted by molar-refractivity contribution is 5.03. The number of piperidine rings is 1. The lowest BCUT2D eigenvalue weighted by molar-refractivity contribution is 0.0215. The summed E-state index contributed by atoms with van der Waals surface area (Å²) in [5, 5.41) is 9.71. The fraction of sp³-hybridized carbons (Fsp3) is 0.714. The average molecular weight is 249 g/mol. The van der Waals surface area contributed by atoms with Gasteiger partial charge < -0.3 is 5.11 Å². The van der Waals surface area contributed by atoms with Gasteiger partial charge in [0.05, 0.1) is 0 Å². The minimum absolute atomic E-state index is 0.114. The summed E-state index contributed by atoms with van der Waals surface area (Å²) in [6.45, 7) is 5.50. The normalized spacial score (nSPS) is 25.2. The summed E-state index contributed by atoms with van der Waals surface area (Å²) in [5.74, 6) is 0. The van der Waals surface area contributed by atoms with Crippen LogP contribution in [0.3, 0.4) is 0 Å². The lowest BCUT2D eigenvalue weighted by Crippen LogP contribution is -2.44. The summed E-state index contributed by atoms with van der Waals surface area (Å²) < 4.78 is 0. The maximum absolute atomic E-state index is 9.71. The molecular formula is C14H23N3O. The second-order valence-corrected chi connectivity index (χ2v) is 5.47. The molecule has 1 aromatic heterocycles. The van der Waals surface area contributed by atoms with Crippen LogP contribution >= 0.6 is 0 Å². The Bertz CT molecular complexity index is 353. The lowest BCUT2D eigenvalue weighted by atomic mass is 9.77. The zero-order valence-corrected chi connectivity index (χ0v) is 11.2. The monoisotopic (exact) mass is 249 g/mol. The van der Waals surface area contributed by atoms with Crippen LogP contribution in [0.5, 0.6) is 0 Å². The van der Waals surface area contributed by atoms with Gasteiger partial charge in [0.2, 0.25) is 0 Å². The number of likely N-dealkylation sites (tertiary alicyclic amines) is 1. The molecule has 4 nitrogen and oxygen atoms in total. The van der Waals surface area contributed by atoms with Crippen LogP contribution in [0, 0.1) is 5.41 Å². The highest BCUT2D eigenvalue weighted by Gasteiger charge is 2.33. The molecule has 18 heavy (non-hydrogen) atoms. The van der Waals surface area contributed by atoms with Gasteiger partial charge >= 0.3 is 0 Å². The Kier molecular flexibility index (Phi) is 4.66. The summed E-state index contributed by atoms with van der Waals surface area (Å²) in [4.78, 5) is 10.5. The molecule has 1 saturated heterocycles. The minimum Gasteiger partial charge on any atom is -0.396 e. The molecule has 0 bridgehead atoms. The molecule has 0 saturated carbocycles. The van der Waals surface area contributed by atoms with Crippen molar-refractivity contribution in [2.45, 2.75) is 39.2 Å². The summed E-state index contributed by atoms with van der Waals surface area (Å²) in [6.07, 6.45) is 9.90. The van der Waals surface area contributed by atoms with E-state index in [-0.39, 0.29) is 5.41 Å². The fourth-order valence-corrected chi connectivity index (χ4v) is 3.06. The molecule has 1 aliphatic rings. The zero-order chi connectivity index (χ0) is 12.8. The average Bonchev–Trinajstić information content (AvgIpc) is 2.41. The van der Waals surface area contributed by atoms with E-state index in [9.17, 15) is 5.11 Å². The van der Waals surface area contributed by atoms with Crippen molar-refractivity contribution < 1.29 is 5.11 Å². The third-order valence-corrected chi connectivity index (χ3v) is 3.88. The van der Waals surface area contributed by atoms with Crippen molar-refractivity contribution in [2.75, 3.05) is 19.7 Å². The second-order valence-electron chi connectivity index (χ2n) is 5.47. The van der Waals surface area contributed by atoms with Crippen LogP contribution in [0.2, 0.25) is 0 Å². The van der Waals surface area contributed by atoms with E-state index in [1.54, 1.807) is 6.33 Å². The Labute approximate surface area is 109 Å². The van der Waals surface area contributed by atoms with Gasteiger partial charge in [-0.3, -0.25) is 4.90 Å². The van der Waals surface area contributed by atoms with Crippen LogP contribution in [0.25, 0.3) is 0 Å². The van der Waals surface area contributed by atoms with Gasteiger partial charge in [0.25, 0.3) is 0 Å². The smallest absolute Gasteiger partial charge is 0.115 e. The van der Waals surface area contributed by atoms with Gasteiger partial charge in [-0.25, -0.2) is 9.97 Å². The van der Waals surface area contributed by atoms with E-state index in [1.165, 1.54) is 6.42 Å². The van der Waals surface area contributed by atoms with Crippen molar-refractivity contribution in [3.05, 3.63) is 24.3 Å². The molecule has 0 aromatic carbocycles. The molecule has 2 rings (SSSR count). The zero-order valence-electron chi connectivity index (χ0n) is 11.2. The molecule has 1 N–H and O–H groups in total. The Hall–Kier alpha value is -1.00. The quantitative estimate of drug-likeness (QED) is 0.865. The number of rotatable bonds is 5. The predicted octanol–water partition coefficient (Wildman–Crippen LogP) is 1.85. The van der Waals surface area contributed by atoms with Crippen LogP contribution in [-0.2, 0) is 6.54 Å². The van der Waals surface area contributed by atoms with Crippen molar-refractivity contribution in [1.29, 1.82) is 0 Å². The Morgan fingerprint density at radius 2 is 2.17 bits per heavy atom. The van der Waals surface area contributed by atoms with Crippen LogP contribution in [0.15, 0.2) is 18.7 Å². The Morgan fingerprint density at radius 3 is 2.83 bits per heavy atom. The van der Waals surface area contributed by atoms with Crippen molar-refractivity contribution >= 4 is 0 Å². The maximum Gasteiger partial charge on any atom is 0.115 e. The van der Waals surface area contributed by atoms with Gasteiger partial charge in [0.1, 0.15) is 6.33 Å². The van der Waals surface area contributed by atoms with Gasteiger partial charge in [0.15, 0.2) is 0 Å². The van der Waals surface area contributed by atoms with Gasteiger partial charge in [-0.2, -0.15) is 0 Å². The molecule has 4 heteroatoms. The summed E-state index contributed by atoms with van der Waals surface area (Å²) in [7, 11) is 0. The number of aliphatic hydroxyl groups is 1. The van der Waals surface area contributed by atoms with E-state index in [4.69, 9.17) is 0 Å². The molecule has 1 aromatic rings. The van der Waals surface area contributed by atoms with Crippen molar-refractivity contribution in [2.24, 2.45) is 5.41 Å². The Morgan fingerprint density at radius 1 is 1.39 bits per heavy atom. The van der Waals surface area contributed by atoms with Crippen LogP contribution < -0.4 is 0 Å². The van der Waals surface area contributed by atoms with E-state index in [0.29, 0.717) is 6.61 Å². The van der Waals surface area contributed by atoms with Gasteiger partial charge in [-0.05, 0) is 25.8 Å². The number of aliphatic hydroxyl groups excluding tert-OH is 1. The third kappa shape index (κ3) is 3.27. The van der Waals surface area contributed by atoms with E-state index < -0.39 is 0 Å². The second kappa shape index (κ2) is 6.25. The summed E-state index contributed by atoms with van der Waals surface area (Å²) >= 11 is 0. The summed E-state index contributed by atoms with van der Waals surface area (Å²) in [5.41, 5.74) is 1.27. The van der Waals surface area contributed by atoms with Crippen LogP contribution in [0.4, 0.5) is 0 Å². The number of hydrogen-bond donors (Lipinski definition) is 1. The largest absolute Gasteiger partial charge is 0.396 e. The topological polar surface area (TPSA) is 49.2 Å². The first-order chi connectivity index (χ1) is 8.78. The van der Waals surface area contributed by atoms with Gasteiger partial charge in [-0.15, -0.1) is 0 Å². The standard InChI is InChI=1S/C14H23N3O/c1-2-4-14(11-18)5-3-6-17(10-14)9-13-7-15-12-16-8-13/h7-8,12,18H,2-6,9-11H2,1H3/t14-/m1/s1. The highest BCUT2D eigenvalue weighted by atomic mass is 16.3. The molecule has 0 amide bonds. The molecule has 1 fully saturated rings. The molecule has 100 valence electrons. The number of nitrogens with zero attached hydrogens (tertiary/aromatic N) is 3. The number of hydrogen-bond acceptors (Lipinski definition) is 4. The first-order valence-electron chi connectivity index (χ1n) is 6.85. The first kappa shape index (κ1) is 13.4. The highest BCUT2D eigenvalue weighted by Crippen LogP contribution is 2.34. The summed E-state index contributed by atoms with van der Waals surface area (Å²) in [6, 6.07) is 0. The molecule has 0 spiro atoms. The lowest BCUT2D eigenvalue weighted by Gasteiger charge is -2.42. The molecule has 1 atom stereocenters. The predicted molar refractivity (Wildman–Crippen MR) is 71.0 cm³/mol. The minimum atomic E-state index is 0.114. The van der Waals surface area contributed by atoms with Crippen LogP contribution in [0.1, 0.15) is 38.2 Å². The molecule has 0 radical (unpaired) electrons. The SMILES string of the molecule is CCC[C@@]1(CO)CCCN(Cc2cncnc2)C1. The molecular weight excluding hydrogens is 226 g/mol. The van der Waals surface area contributed by atoms with E-state index >= 15 is 0 Å². The fourth-order valence-electron chi connectivity index (χ4n) is 3.06. The van der Waals surface area contributed by atoms with Crippen molar-refractivity contribution in [1.82, 2.24) is 14.9 Å². The van der Waals surface area contributed by atoms with Gasteiger partial charge in [0, 0.05) is 43.1 Å². The van der Waals surface area contributed by atoms with Crippen LogP contribution in [-0.4, -0.2) is 39.7 Å². The first-order valence-corrected chi connectivity index (χ1v) is 6.85. The van der Waals surface area contributed by atoms with E-state index in [0.717, 1.165) is 44.5 Å². The third-order valence-electron chi connectivity index (χ3n) is 3.88. The Balaban J connectivity index is 1.98. The van der Waals surface area contributed by atoms with E-state index in [2.05, 4.69) is 21.8 Å². The van der Waals surface area contributed by atoms with E-state index in [1.807, 2.05) is 12.4 Å². The van der Waals surface area contributed by atoms with Crippen molar-refractivity contribution in [3.63, 3.8) is 0 Å².